The molecule has 0 aliphatic heterocycles. The molecule has 0 unspecified atom stereocenters. The van der Waals surface area contributed by atoms with E-state index < -0.39 is 0 Å². The fourth-order valence-corrected chi connectivity index (χ4v) is 0. The van der Waals surface area contributed by atoms with Gasteiger partial charge < -0.3 is 11.1 Å². The van der Waals surface area contributed by atoms with Crippen LogP contribution in [0.4, 0.5) is 0 Å². The summed E-state index contributed by atoms with van der Waals surface area (Å²) >= 11 is 0. The van der Waals surface area contributed by atoms with Gasteiger partial charge in [0.15, 0.2) is 0 Å². The van der Waals surface area contributed by atoms with Crippen molar-refractivity contribution in [2.75, 3.05) is 20.6 Å². The molecule has 0 spiro atoms. The molecule has 0 saturated carbocycles. The largest absolute Gasteiger partial charge is 0.680 e. The van der Waals surface area contributed by atoms with E-state index in [-0.39, 0.29) is 32.7 Å². The predicted octanol–water partition coefficient (Wildman–Crippen LogP) is 1.68. The predicted molar refractivity (Wildman–Crippen MR) is 30.1 cm³/mol. The Morgan fingerprint density at radius 2 is 1.57 bits per heavy atom. The van der Waals surface area contributed by atoms with E-state index in [4.69, 9.17) is 5.73 Å². The number of rotatable bonds is 1. The fraction of sp³-hybridized carbons (Fsp3) is 1.00. The summed E-state index contributed by atoms with van der Waals surface area (Å²) in [5.74, 6) is 0. The molecular formula is C4H12N2Y-2. The summed E-state index contributed by atoms with van der Waals surface area (Å²) < 4.78 is 0. The van der Waals surface area contributed by atoms with E-state index in [0.717, 1.165) is 6.54 Å². The molecule has 0 fully saturated rings. The van der Waals surface area contributed by atoms with Crippen LogP contribution in [0, 0.1) is 0 Å². The van der Waals surface area contributed by atoms with E-state index in [1.54, 1.807) is 7.05 Å². The first-order valence-corrected chi connectivity index (χ1v) is 1.97. The SMILES string of the molecule is CC[N-]C.C[NH-].[Y]. The zero-order chi connectivity index (χ0) is 5.41. The summed E-state index contributed by atoms with van der Waals surface area (Å²) in [5.41, 5.74) is 5.75. The summed E-state index contributed by atoms with van der Waals surface area (Å²) in [4.78, 5) is 0. The third-order valence-electron chi connectivity index (χ3n) is 0.316. The third kappa shape index (κ3) is 43.3. The summed E-state index contributed by atoms with van der Waals surface area (Å²) in [6, 6.07) is 0. The smallest absolute Gasteiger partial charge is 0 e. The Morgan fingerprint density at radius 3 is 1.57 bits per heavy atom. The molecule has 0 aliphatic carbocycles. The molecule has 0 aromatic carbocycles. The molecule has 43 valence electrons. The molecule has 0 bridgehead atoms. The van der Waals surface area contributed by atoms with Crippen LogP contribution in [0.2, 0.25) is 0 Å². The maximum Gasteiger partial charge on any atom is 0 e. The van der Waals surface area contributed by atoms with Crippen molar-refractivity contribution in [1.29, 1.82) is 0 Å². The summed E-state index contributed by atoms with van der Waals surface area (Å²) in [6.45, 7) is 2.96. The van der Waals surface area contributed by atoms with Gasteiger partial charge in [0.1, 0.15) is 0 Å². The first-order valence-electron chi connectivity index (χ1n) is 1.97. The molecule has 0 aromatic rings. The zero-order valence-electron chi connectivity index (χ0n) is 5.23. The minimum absolute atomic E-state index is 0. The van der Waals surface area contributed by atoms with Gasteiger partial charge in [0, 0.05) is 32.7 Å². The number of nitrogens with one attached hydrogen (secondary N) is 1. The van der Waals surface area contributed by atoms with E-state index in [9.17, 15) is 0 Å². The molecule has 0 saturated heterocycles. The van der Waals surface area contributed by atoms with Crippen molar-refractivity contribution in [3.8, 4) is 0 Å². The molecule has 0 aliphatic rings. The topological polar surface area (TPSA) is 37.9 Å². The molecule has 7 heavy (non-hydrogen) atoms. The fourth-order valence-electron chi connectivity index (χ4n) is 0. The van der Waals surface area contributed by atoms with Crippen LogP contribution >= 0.6 is 0 Å². The minimum Gasteiger partial charge on any atom is -0.680 e. The standard InChI is InChI=1S/C3H8N.CH4N.Y/c1-3-4-2;1-2;/h3H2,1-2H3;2H,1H3;/q2*-1;. The van der Waals surface area contributed by atoms with Gasteiger partial charge in [-0.15, -0.1) is 0 Å². The van der Waals surface area contributed by atoms with E-state index >= 15 is 0 Å². The van der Waals surface area contributed by atoms with Gasteiger partial charge in [-0.2, -0.15) is 20.6 Å². The second kappa shape index (κ2) is 27.9. The summed E-state index contributed by atoms with van der Waals surface area (Å²) in [6.07, 6.45) is 0. The van der Waals surface area contributed by atoms with Crippen LogP contribution in [-0.2, 0) is 32.7 Å². The molecule has 0 heterocycles. The van der Waals surface area contributed by atoms with Crippen molar-refractivity contribution in [3.63, 3.8) is 0 Å². The Labute approximate surface area is 71.1 Å². The van der Waals surface area contributed by atoms with Crippen LogP contribution in [0.15, 0.2) is 0 Å². The maximum absolute atomic E-state index is 5.75. The van der Waals surface area contributed by atoms with E-state index in [1.807, 2.05) is 6.92 Å². The average Bonchev–Trinajstić information content (AvgIpc) is 1.72. The van der Waals surface area contributed by atoms with Crippen molar-refractivity contribution in [3.05, 3.63) is 11.1 Å². The normalized spacial score (nSPS) is 5.14. The molecule has 0 aromatic heterocycles. The zero-order valence-corrected chi connectivity index (χ0v) is 8.07. The molecular weight excluding hydrogens is 165 g/mol. The van der Waals surface area contributed by atoms with Gasteiger partial charge in [-0.3, -0.25) is 0 Å². The Hall–Kier alpha value is 1.02. The van der Waals surface area contributed by atoms with Crippen molar-refractivity contribution in [2.24, 2.45) is 0 Å². The van der Waals surface area contributed by atoms with Crippen molar-refractivity contribution < 1.29 is 32.7 Å². The van der Waals surface area contributed by atoms with Crippen molar-refractivity contribution in [1.82, 2.24) is 0 Å². The van der Waals surface area contributed by atoms with E-state index in [2.05, 4.69) is 5.32 Å². The molecule has 0 atom stereocenters. The third-order valence-corrected chi connectivity index (χ3v) is 0.316. The minimum atomic E-state index is 0. The molecule has 1 radical (unpaired) electrons. The van der Waals surface area contributed by atoms with Gasteiger partial charge in [0.2, 0.25) is 0 Å². The number of hydrogen-bond donors (Lipinski definition) is 0. The second-order valence-electron chi connectivity index (χ2n) is 0.632. The Kier molecular flexibility index (Phi) is 62.5. The number of nitrogens with zero attached hydrogens (tertiary/aromatic N) is 1. The van der Waals surface area contributed by atoms with Crippen LogP contribution in [0.25, 0.3) is 11.1 Å². The van der Waals surface area contributed by atoms with Gasteiger partial charge in [-0.1, -0.05) is 6.92 Å². The van der Waals surface area contributed by atoms with Crippen molar-refractivity contribution >= 4 is 0 Å². The molecule has 1 N–H and O–H groups in total. The monoisotopic (exact) mass is 177 g/mol. The van der Waals surface area contributed by atoms with Gasteiger partial charge in [-0.25, -0.2) is 0 Å². The van der Waals surface area contributed by atoms with Crippen LogP contribution in [0.3, 0.4) is 0 Å². The first-order chi connectivity index (χ1) is 2.91. The first kappa shape index (κ1) is 15.7. The van der Waals surface area contributed by atoms with Gasteiger partial charge in [-0.05, 0) is 0 Å². The maximum atomic E-state index is 5.75. The van der Waals surface area contributed by atoms with Gasteiger partial charge in [0.25, 0.3) is 0 Å². The molecule has 2 nitrogen and oxygen atoms in total. The van der Waals surface area contributed by atoms with Crippen LogP contribution in [-0.4, -0.2) is 20.6 Å². The van der Waals surface area contributed by atoms with Crippen LogP contribution in [0.1, 0.15) is 6.92 Å². The Morgan fingerprint density at radius 1 is 1.43 bits per heavy atom. The molecule has 3 heteroatoms. The molecule has 0 rings (SSSR count). The quantitative estimate of drug-likeness (QED) is 0.584. The van der Waals surface area contributed by atoms with Crippen LogP contribution < -0.4 is 0 Å². The van der Waals surface area contributed by atoms with Gasteiger partial charge >= 0.3 is 0 Å². The Balaban J connectivity index is -0.0000000480. The average molecular weight is 177 g/mol. The summed E-state index contributed by atoms with van der Waals surface area (Å²) in [5, 5.41) is 3.74. The van der Waals surface area contributed by atoms with Crippen LogP contribution in [0.5, 0.6) is 0 Å². The van der Waals surface area contributed by atoms with Gasteiger partial charge in [0.05, 0.1) is 0 Å². The number of hydrogen-bond acceptors (Lipinski definition) is 0. The van der Waals surface area contributed by atoms with E-state index in [1.165, 1.54) is 7.05 Å². The summed E-state index contributed by atoms with van der Waals surface area (Å²) in [7, 11) is 3.06. The van der Waals surface area contributed by atoms with E-state index in [0.29, 0.717) is 0 Å². The van der Waals surface area contributed by atoms with Crippen molar-refractivity contribution in [2.45, 2.75) is 6.92 Å². The Bertz CT molecular complexity index is 11.7. The second-order valence-corrected chi connectivity index (χ2v) is 0.632. The molecule has 0 amide bonds.